The van der Waals surface area contributed by atoms with Crippen molar-refractivity contribution in [2.45, 2.75) is 6.54 Å². The zero-order chi connectivity index (χ0) is 16.2. The molecule has 2 aromatic heterocycles. The van der Waals surface area contributed by atoms with E-state index in [4.69, 9.17) is 5.73 Å². The van der Waals surface area contributed by atoms with Gasteiger partial charge in [-0.25, -0.2) is 0 Å². The van der Waals surface area contributed by atoms with E-state index in [2.05, 4.69) is 4.98 Å². The third-order valence-electron chi connectivity index (χ3n) is 3.86. The lowest BCUT2D eigenvalue weighted by Gasteiger charge is -2.34. The van der Waals surface area contributed by atoms with Gasteiger partial charge in [0.05, 0.1) is 10.6 Å². The van der Waals surface area contributed by atoms with Crippen molar-refractivity contribution in [1.82, 2.24) is 14.8 Å². The van der Waals surface area contributed by atoms with Gasteiger partial charge in [-0.2, -0.15) is 0 Å². The Morgan fingerprint density at radius 3 is 2.43 bits per heavy atom. The molecule has 7 heteroatoms. The van der Waals surface area contributed by atoms with E-state index in [1.165, 1.54) is 11.3 Å². The molecular formula is C16H18N4O2S. The van der Waals surface area contributed by atoms with Crippen LogP contribution in [0.3, 0.4) is 0 Å². The summed E-state index contributed by atoms with van der Waals surface area (Å²) in [7, 11) is 0. The summed E-state index contributed by atoms with van der Waals surface area (Å²) in [5.74, 6) is 0.00625. The molecule has 1 fully saturated rings. The van der Waals surface area contributed by atoms with Gasteiger partial charge in [-0.15, -0.1) is 11.3 Å². The molecule has 0 aliphatic carbocycles. The zero-order valence-corrected chi connectivity index (χ0v) is 13.5. The number of amides is 2. The first-order valence-corrected chi connectivity index (χ1v) is 8.34. The van der Waals surface area contributed by atoms with Crippen molar-refractivity contribution >= 4 is 23.2 Å². The van der Waals surface area contributed by atoms with Crippen LogP contribution in [-0.2, 0) is 6.54 Å². The van der Waals surface area contributed by atoms with Crippen LogP contribution in [0, 0.1) is 0 Å². The van der Waals surface area contributed by atoms with E-state index < -0.39 is 0 Å². The number of carbonyl (C=O) groups is 2. The molecular weight excluding hydrogens is 312 g/mol. The lowest BCUT2D eigenvalue weighted by atomic mass is 10.2. The van der Waals surface area contributed by atoms with Gasteiger partial charge < -0.3 is 15.5 Å². The fraction of sp³-hybridized carbons (Fsp3) is 0.312. The first-order chi connectivity index (χ1) is 11.2. The summed E-state index contributed by atoms with van der Waals surface area (Å²) in [6.45, 7) is 2.49. The molecule has 1 aliphatic heterocycles. The molecule has 2 aromatic rings. The average molecular weight is 330 g/mol. The van der Waals surface area contributed by atoms with E-state index in [1.54, 1.807) is 28.1 Å². The van der Waals surface area contributed by atoms with Crippen molar-refractivity contribution in [1.29, 1.82) is 0 Å². The highest BCUT2D eigenvalue weighted by atomic mass is 32.1. The third-order valence-corrected chi connectivity index (χ3v) is 4.72. The summed E-state index contributed by atoms with van der Waals surface area (Å²) in [5, 5.41) is 1.89. The average Bonchev–Trinajstić information content (AvgIpc) is 3.15. The maximum absolute atomic E-state index is 12.5. The molecule has 23 heavy (non-hydrogen) atoms. The molecule has 3 heterocycles. The molecule has 0 aromatic carbocycles. The Balaban J connectivity index is 1.62. The van der Waals surface area contributed by atoms with Crippen LogP contribution < -0.4 is 5.73 Å². The summed E-state index contributed by atoms with van der Waals surface area (Å²) >= 11 is 1.44. The van der Waals surface area contributed by atoms with Crippen LogP contribution in [0.15, 0.2) is 35.8 Å². The van der Waals surface area contributed by atoms with Crippen LogP contribution in [0.4, 0.5) is 0 Å². The minimum Gasteiger partial charge on any atom is -0.335 e. The van der Waals surface area contributed by atoms with Gasteiger partial charge in [-0.3, -0.25) is 14.6 Å². The van der Waals surface area contributed by atoms with Crippen LogP contribution in [0.5, 0.6) is 0 Å². The largest absolute Gasteiger partial charge is 0.335 e. The smallest absolute Gasteiger partial charge is 0.264 e. The van der Waals surface area contributed by atoms with Gasteiger partial charge in [0.1, 0.15) is 0 Å². The number of nitrogens with zero attached hydrogens (tertiary/aromatic N) is 3. The normalized spacial score (nSPS) is 14.8. The monoisotopic (exact) mass is 330 g/mol. The van der Waals surface area contributed by atoms with Crippen molar-refractivity contribution in [3.05, 3.63) is 52.0 Å². The number of rotatable bonds is 3. The molecule has 0 unspecified atom stereocenters. The van der Waals surface area contributed by atoms with Crippen LogP contribution in [0.1, 0.15) is 25.7 Å². The van der Waals surface area contributed by atoms with Crippen LogP contribution in [-0.4, -0.2) is 52.8 Å². The van der Waals surface area contributed by atoms with Crippen LogP contribution in [0.2, 0.25) is 0 Å². The fourth-order valence-corrected chi connectivity index (χ4v) is 3.26. The van der Waals surface area contributed by atoms with Crippen LogP contribution in [0.25, 0.3) is 0 Å². The lowest BCUT2D eigenvalue weighted by molar-refractivity contribution is 0.0538. The van der Waals surface area contributed by atoms with E-state index in [0.717, 1.165) is 4.88 Å². The Morgan fingerprint density at radius 2 is 1.83 bits per heavy atom. The minimum absolute atomic E-state index is 0.0367. The number of pyridine rings is 1. The highest BCUT2D eigenvalue weighted by Gasteiger charge is 2.25. The van der Waals surface area contributed by atoms with Crippen molar-refractivity contribution in [3.63, 3.8) is 0 Å². The minimum atomic E-state index is -0.0367. The van der Waals surface area contributed by atoms with Crippen molar-refractivity contribution in [2.75, 3.05) is 26.2 Å². The topological polar surface area (TPSA) is 79.5 Å². The van der Waals surface area contributed by atoms with Gasteiger partial charge in [0.25, 0.3) is 11.8 Å². The first-order valence-electron chi connectivity index (χ1n) is 7.46. The lowest BCUT2D eigenvalue weighted by Crippen LogP contribution is -2.50. The number of thiophene rings is 1. The molecule has 120 valence electrons. The molecule has 2 N–H and O–H groups in total. The van der Waals surface area contributed by atoms with Gasteiger partial charge in [0, 0.05) is 44.5 Å². The molecule has 0 spiro atoms. The second kappa shape index (κ2) is 6.89. The van der Waals surface area contributed by atoms with E-state index in [1.807, 2.05) is 17.5 Å². The fourth-order valence-electron chi connectivity index (χ4n) is 2.57. The second-order valence-corrected chi connectivity index (χ2v) is 6.25. The number of nitrogens with two attached hydrogens (primary N) is 1. The number of aromatic nitrogens is 1. The standard InChI is InChI=1S/C16H18N4O2S/c17-11-13-10-12(3-4-18-13)15(21)19-5-7-20(8-6-19)16(22)14-2-1-9-23-14/h1-4,9-10H,5-8,11,17H2. The van der Waals surface area contributed by atoms with E-state index in [9.17, 15) is 9.59 Å². The summed E-state index contributed by atoms with van der Waals surface area (Å²) < 4.78 is 0. The Kier molecular flexibility index (Phi) is 4.68. The van der Waals surface area contributed by atoms with E-state index in [-0.39, 0.29) is 11.8 Å². The summed E-state index contributed by atoms with van der Waals surface area (Å²) in [4.78, 5) is 33.2. The highest BCUT2D eigenvalue weighted by molar-refractivity contribution is 7.12. The Morgan fingerprint density at radius 1 is 1.13 bits per heavy atom. The zero-order valence-electron chi connectivity index (χ0n) is 12.6. The molecule has 0 bridgehead atoms. The predicted molar refractivity (Wildman–Crippen MR) is 88.3 cm³/mol. The molecule has 6 nitrogen and oxygen atoms in total. The molecule has 0 radical (unpaired) electrons. The van der Waals surface area contributed by atoms with Crippen molar-refractivity contribution < 1.29 is 9.59 Å². The third kappa shape index (κ3) is 3.40. The Bertz CT molecular complexity index is 694. The van der Waals surface area contributed by atoms with E-state index >= 15 is 0 Å². The maximum Gasteiger partial charge on any atom is 0.264 e. The Labute approximate surface area is 138 Å². The number of hydrogen-bond acceptors (Lipinski definition) is 5. The van der Waals surface area contributed by atoms with Gasteiger partial charge in [-0.1, -0.05) is 6.07 Å². The van der Waals surface area contributed by atoms with Gasteiger partial charge >= 0.3 is 0 Å². The van der Waals surface area contributed by atoms with Gasteiger partial charge in [-0.05, 0) is 23.6 Å². The summed E-state index contributed by atoms with van der Waals surface area (Å²) in [5.41, 5.74) is 6.86. The molecule has 0 atom stereocenters. The SMILES string of the molecule is NCc1cc(C(=O)N2CCN(C(=O)c3cccs3)CC2)ccn1. The van der Waals surface area contributed by atoms with Gasteiger partial charge in [0.2, 0.25) is 0 Å². The summed E-state index contributed by atoms with van der Waals surface area (Å²) in [6.07, 6.45) is 1.60. The molecule has 1 aliphatic rings. The predicted octanol–water partition coefficient (Wildman–Crippen LogP) is 1.20. The summed E-state index contributed by atoms with van der Waals surface area (Å²) in [6, 6.07) is 7.13. The Hall–Kier alpha value is -2.25. The molecule has 1 saturated heterocycles. The second-order valence-electron chi connectivity index (χ2n) is 5.30. The van der Waals surface area contributed by atoms with Gasteiger partial charge in [0.15, 0.2) is 0 Å². The number of carbonyl (C=O) groups excluding carboxylic acids is 2. The van der Waals surface area contributed by atoms with Crippen LogP contribution >= 0.6 is 11.3 Å². The molecule has 2 amide bonds. The quantitative estimate of drug-likeness (QED) is 0.917. The number of piperazine rings is 1. The maximum atomic E-state index is 12.5. The van der Waals surface area contributed by atoms with E-state index in [0.29, 0.717) is 44.0 Å². The highest BCUT2D eigenvalue weighted by Crippen LogP contribution is 2.15. The molecule has 3 rings (SSSR count). The first kappa shape index (κ1) is 15.6. The van der Waals surface area contributed by atoms with Crippen molar-refractivity contribution in [2.24, 2.45) is 5.73 Å². The molecule has 0 saturated carbocycles. The number of hydrogen-bond donors (Lipinski definition) is 1. The van der Waals surface area contributed by atoms with Crippen molar-refractivity contribution in [3.8, 4) is 0 Å².